The molecule has 34 heavy (non-hydrogen) atoms. The van der Waals surface area contributed by atoms with Gasteiger partial charge in [-0.3, -0.25) is 14.5 Å². The molecule has 180 valence electrons. The SMILES string of the molecule is CCC1CCCCN1CCCNC(=O)CN1C(=O)/C(=C\c2ccc(Cl)cc2)Sc2ccccc21. The number of thioether (sulfide) groups is 1. The molecular weight excluding hydrogens is 466 g/mol. The number of hydrogen-bond acceptors (Lipinski definition) is 4. The number of halogens is 1. The van der Waals surface area contributed by atoms with Crippen LogP contribution in [0.1, 0.15) is 44.6 Å². The van der Waals surface area contributed by atoms with Crippen LogP contribution in [0.25, 0.3) is 6.08 Å². The molecule has 1 atom stereocenters. The Morgan fingerprint density at radius 2 is 1.97 bits per heavy atom. The summed E-state index contributed by atoms with van der Waals surface area (Å²) in [6, 6.07) is 15.8. The van der Waals surface area contributed by atoms with Crippen LogP contribution in [0.4, 0.5) is 5.69 Å². The van der Waals surface area contributed by atoms with Crippen molar-refractivity contribution < 1.29 is 9.59 Å². The van der Waals surface area contributed by atoms with Crippen molar-refractivity contribution in [1.82, 2.24) is 10.2 Å². The Labute approximate surface area is 211 Å². The van der Waals surface area contributed by atoms with E-state index >= 15 is 0 Å². The summed E-state index contributed by atoms with van der Waals surface area (Å²) in [6.45, 7) is 5.06. The number of carbonyl (C=O) groups is 2. The fourth-order valence-corrected chi connectivity index (χ4v) is 5.84. The van der Waals surface area contributed by atoms with Gasteiger partial charge in [0, 0.05) is 29.0 Å². The molecule has 2 aromatic carbocycles. The summed E-state index contributed by atoms with van der Waals surface area (Å²) in [5, 5.41) is 3.68. The smallest absolute Gasteiger partial charge is 0.265 e. The summed E-state index contributed by atoms with van der Waals surface area (Å²) < 4.78 is 0. The highest BCUT2D eigenvalue weighted by atomic mass is 35.5. The molecule has 0 saturated carbocycles. The Kier molecular flexibility index (Phi) is 8.70. The molecule has 7 heteroatoms. The first kappa shape index (κ1) is 24.8. The standard InChI is InChI=1S/C27H32ClN3O2S/c1-2-22-8-5-6-16-30(22)17-7-15-29-26(32)19-31-23-9-3-4-10-24(23)34-25(27(31)33)18-20-11-13-21(28)14-12-20/h3-4,9-14,18,22H,2,5-8,15-17,19H2,1H3,(H,29,32)/b25-18+. The fraction of sp³-hybridized carbons (Fsp3) is 0.407. The van der Waals surface area contributed by atoms with E-state index in [1.807, 2.05) is 42.5 Å². The summed E-state index contributed by atoms with van der Waals surface area (Å²) in [7, 11) is 0. The molecule has 2 amide bonds. The van der Waals surface area contributed by atoms with Crippen molar-refractivity contribution in [2.75, 3.05) is 31.1 Å². The molecule has 2 aliphatic rings. The molecule has 0 aromatic heterocycles. The van der Waals surface area contributed by atoms with Crippen molar-refractivity contribution in [2.45, 2.75) is 50.0 Å². The second-order valence-electron chi connectivity index (χ2n) is 8.82. The van der Waals surface area contributed by atoms with Gasteiger partial charge in [-0.1, -0.05) is 61.0 Å². The van der Waals surface area contributed by atoms with Crippen molar-refractivity contribution in [3.8, 4) is 0 Å². The van der Waals surface area contributed by atoms with Gasteiger partial charge in [0.1, 0.15) is 6.54 Å². The van der Waals surface area contributed by atoms with Gasteiger partial charge in [-0.2, -0.15) is 0 Å². The average Bonchev–Trinajstić information content (AvgIpc) is 2.86. The van der Waals surface area contributed by atoms with Crippen LogP contribution in [-0.4, -0.2) is 48.9 Å². The lowest BCUT2D eigenvalue weighted by Gasteiger charge is -2.35. The maximum absolute atomic E-state index is 13.3. The molecule has 0 spiro atoms. The molecule has 1 unspecified atom stereocenters. The van der Waals surface area contributed by atoms with E-state index in [4.69, 9.17) is 11.6 Å². The van der Waals surface area contributed by atoms with Gasteiger partial charge in [0.05, 0.1) is 10.6 Å². The van der Waals surface area contributed by atoms with Crippen molar-refractivity contribution in [3.63, 3.8) is 0 Å². The third-order valence-corrected chi connectivity index (χ3v) is 7.80. The van der Waals surface area contributed by atoms with Crippen LogP contribution in [0.15, 0.2) is 58.3 Å². The van der Waals surface area contributed by atoms with Gasteiger partial charge in [-0.25, -0.2) is 0 Å². The molecule has 5 nitrogen and oxygen atoms in total. The van der Waals surface area contributed by atoms with Crippen LogP contribution >= 0.6 is 23.4 Å². The van der Waals surface area contributed by atoms with Crippen LogP contribution in [0, 0.1) is 0 Å². The number of nitrogens with zero attached hydrogens (tertiary/aromatic N) is 2. The van der Waals surface area contributed by atoms with Gasteiger partial charge >= 0.3 is 0 Å². The lowest BCUT2D eigenvalue weighted by Crippen LogP contribution is -2.44. The second-order valence-corrected chi connectivity index (χ2v) is 10.3. The highest BCUT2D eigenvalue weighted by Crippen LogP contribution is 2.41. The highest BCUT2D eigenvalue weighted by molar-refractivity contribution is 8.04. The number of amides is 2. The molecule has 1 N–H and O–H groups in total. The van der Waals surface area contributed by atoms with Crippen LogP contribution < -0.4 is 10.2 Å². The van der Waals surface area contributed by atoms with Crippen molar-refractivity contribution in [1.29, 1.82) is 0 Å². The summed E-state index contributed by atoms with van der Waals surface area (Å²) >= 11 is 7.43. The first-order valence-electron chi connectivity index (χ1n) is 12.1. The zero-order chi connectivity index (χ0) is 23.9. The van der Waals surface area contributed by atoms with Gasteiger partial charge in [0.2, 0.25) is 5.91 Å². The number of benzene rings is 2. The number of hydrogen-bond donors (Lipinski definition) is 1. The van der Waals surface area contributed by atoms with E-state index in [9.17, 15) is 9.59 Å². The van der Waals surface area contributed by atoms with Crippen LogP contribution in [0.2, 0.25) is 5.02 Å². The Hall–Kier alpha value is -2.28. The topological polar surface area (TPSA) is 52.7 Å². The minimum atomic E-state index is -0.159. The molecule has 0 bridgehead atoms. The lowest BCUT2D eigenvalue weighted by molar-refractivity contribution is -0.122. The third kappa shape index (κ3) is 6.23. The fourth-order valence-electron chi connectivity index (χ4n) is 4.66. The second kappa shape index (κ2) is 11.9. The van der Waals surface area contributed by atoms with E-state index in [2.05, 4.69) is 17.1 Å². The monoisotopic (exact) mass is 497 g/mol. The molecule has 1 saturated heterocycles. The maximum Gasteiger partial charge on any atom is 0.265 e. The predicted molar refractivity (Wildman–Crippen MR) is 141 cm³/mol. The molecular formula is C27H32ClN3O2S. The lowest BCUT2D eigenvalue weighted by atomic mass is 10.00. The first-order chi connectivity index (χ1) is 16.5. The highest BCUT2D eigenvalue weighted by Gasteiger charge is 2.30. The van der Waals surface area contributed by atoms with Gasteiger partial charge in [0.15, 0.2) is 0 Å². The molecule has 1 fully saturated rings. The molecule has 2 aromatic rings. The maximum atomic E-state index is 13.3. The van der Waals surface area contributed by atoms with E-state index < -0.39 is 0 Å². The van der Waals surface area contributed by atoms with Crippen molar-refractivity contribution >= 4 is 46.9 Å². The molecule has 4 rings (SSSR count). The van der Waals surface area contributed by atoms with E-state index in [1.54, 1.807) is 17.0 Å². The summed E-state index contributed by atoms with van der Waals surface area (Å²) in [4.78, 5) is 31.8. The Morgan fingerprint density at radius 1 is 1.18 bits per heavy atom. The normalized spacial score (nSPS) is 19.8. The summed E-state index contributed by atoms with van der Waals surface area (Å²) in [5.41, 5.74) is 1.67. The Morgan fingerprint density at radius 3 is 2.76 bits per heavy atom. The Bertz CT molecular complexity index is 1040. The number of rotatable bonds is 8. The zero-order valence-corrected chi connectivity index (χ0v) is 21.2. The molecule has 2 heterocycles. The zero-order valence-electron chi connectivity index (χ0n) is 19.6. The van der Waals surface area contributed by atoms with E-state index in [0.717, 1.165) is 35.7 Å². The number of fused-ring (bicyclic) bond motifs is 1. The van der Waals surface area contributed by atoms with Crippen LogP contribution in [0.3, 0.4) is 0 Å². The molecule has 0 radical (unpaired) electrons. The van der Waals surface area contributed by atoms with Gasteiger partial charge in [-0.15, -0.1) is 0 Å². The molecule has 2 aliphatic heterocycles. The third-order valence-electron chi connectivity index (χ3n) is 6.47. The number of anilines is 1. The predicted octanol–water partition coefficient (Wildman–Crippen LogP) is 5.59. The van der Waals surface area contributed by atoms with Gasteiger partial charge in [0.25, 0.3) is 5.91 Å². The molecule has 0 aliphatic carbocycles. The average molecular weight is 498 g/mol. The van der Waals surface area contributed by atoms with Crippen LogP contribution in [-0.2, 0) is 9.59 Å². The minimum Gasteiger partial charge on any atom is -0.355 e. The summed E-state index contributed by atoms with van der Waals surface area (Å²) in [5.74, 6) is -0.292. The summed E-state index contributed by atoms with van der Waals surface area (Å²) in [6.07, 6.45) is 7.83. The van der Waals surface area contributed by atoms with E-state index in [-0.39, 0.29) is 18.4 Å². The first-order valence-corrected chi connectivity index (χ1v) is 13.3. The number of nitrogens with one attached hydrogen (secondary N) is 1. The number of carbonyl (C=O) groups excluding carboxylic acids is 2. The number of piperidine rings is 1. The van der Waals surface area contributed by atoms with Gasteiger partial charge < -0.3 is 10.2 Å². The van der Waals surface area contributed by atoms with Crippen molar-refractivity contribution in [3.05, 3.63) is 64.0 Å². The van der Waals surface area contributed by atoms with Crippen LogP contribution in [0.5, 0.6) is 0 Å². The Balaban J connectivity index is 1.38. The number of para-hydroxylation sites is 1. The minimum absolute atomic E-state index is 0.00959. The number of likely N-dealkylation sites (tertiary alicyclic amines) is 1. The van der Waals surface area contributed by atoms with E-state index in [0.29, 0.717) is 22.5 Å². The van der Waals surface area contributed by atoms with E-state index in [1.165, 1.54) is 37.4 Å². The van der Waals surface area contributed by atoms with Gasteiger partial charge in [-0.05, 0) is 68.1 Å². The van der Waals surface area contributed by atoms with Crippen molar-refractivity contribution in [2.24, 2.45) is 0 Å². The largest absolute Gasteiger partial charge is 0.355 e. The quantitative estimate of drug-likeness (QED) is 0.381.